The van der Waals surface area contributed by atoms with Gasteiger partial charge in [0.25, 0.3) is 5.84 Å². The number of aliphatic imine (C=N–C) groups is 1. The third-order valence-corrected chi connectivity index (χ3v) is 6.33. The molecule has 1 unspecified atom stereocenters. The van der Waals surface area contributed by atoms with Crippen molar-refractivity contribution in [1.82, 2.24) is 4.90 Å². The number of rotatable bonds is 15. The van der Waals surface area contributed by atoms with Gasteiger partial charge in [0.15, 0.2) is 5.96 Å². The second-order valence-electron chi connectivity index (χ2n) is 9.48. The van der Waals surface area contributed by atoms with Crippen molar-refractivity contribution >= 4 is 11.8 Å². The summed E-state index contributed by atoms with van der Waals surface area (Å²) in [5.74, 6) is 2.20. The largest absolute Gasteiger partial charge is 0.370 e. The lowest BCUT2D eigenvalue weighted by molar-refractivity contribution is -0.539. The minimum Gasteiger partial charge on any atom is -0.370 e. The SMILES string of the molecule is CC(C)CCCCCCCCCC1(O)C=CC2=[N+](CCCCN=C(N)N)CCCN21. The van der Waals surface area contributed by atoms with Crippen LogP contribution < -0.4 is 11.5 Å². The molecule has 0 aromatic heterocycles. The number of aliphatic hydroxyl groups is 1. The van der Waals surface area contributed by atoms with Gasteiger partial charge in [0, 0.05) is 25.5 Å². The monoisotopic (exact) mass is 420 g/mol. The highest BCUT2D eigenvalue weighted by Crippen LogP contribution is 2.30. The third kappa shape index (κ3) is 8.29. The van der Waals surface area contributed by atoms with Crippen LogP contribution in [-0.2, 0) is 0 Å². The molecule has 30 heavy (non-hydrogen) atoms. The summed E-state index contributed by atoms with van der Waals surface area (Å²) >= 11 is 0. The molecule has 0 radical (unpaired) electrons. The van der Waals surface area contributed by atoms with Gasteiger partial charge in [-0.15, -0.1) is 0 Å². The molecular formula is C24H46N5O+. The second-order valence-corrected chi connectivity index (χ2v) is 9.48. The minimum atomic E-state index is -0.788. The molecule has 0 aromatic rings. The van der Waals surface area contributed by atoms with Crippen molar-refractivity contribution in [3.05, 3.63) is 12.2 Å². The Hall–Kier alpha value is -1.56. The maximum absolute atomic E-state index is 11.2. The van der Waals surface area contributed by atoms with Crippen LogP contribution in [0.25, 0.3) is 0 Å². The first kappa shape index (κ1) is 24.7. The Bertz CT molecular complexity index is 594. The quantitative estimate of drug-likeness (QED) is 0.163. The van der Waals surface area contributed by atoms with Gasteiger partial charge in [0.2, 0.25) is 5.72 Å². The maximum atomic E-state index is 11.2. The van der Waals surface area contributed by atoms with Gasteiger partial charge < -0.3 is 16.6 Å². The van der Waals surface area contributed by atoms with Crippen molar-refractivity contribution in [2.24, 2.45) is 22.4 Å². The summed E-state index contributed by atoms with van der Waals surface area (Å²) in [4.78, 5) is 6.28. The maximum Gasteiger partial charge on any atom is 0.274 e. The highest BCUT2D eigenvalue weighted by molar-refractivity contribution is 5.92. The molecule has 5 N–H and O–H groups in total. The van der Waals surface area contributed by atoms with Crippen molar-refractivity contribution in [2.75, 3.05) is 26.2 Å². The average Bonchev–Trinajstić information content (AvgIpc) is 3.04. The predicted molar refractivity (Wildman–Crippen MR) is 127 cm³/mol. The fourth-order valence-electron chi connectivity index (χ4n) is 4.59. The number of hydrogen-bond donors (Lipinski definition) is 3. The molecule has 0 saturated heterocycles. The Morgan fingerprint density at radius 2 is 1.80 bits per heavy atom. The molecule has 0 spiro atoms. The molecule has 172 valence electrons. The van der Waals surface area contributed by atoms with E-state index < -0.39 is 5.72 Å². The lowest BCUT2D eigenvalue weighted by atomic mass is 10.0. The number of hydrogen-bond acceptors (Lipinski definition) is 3. The summed E-state index contributed by atoms with van der Waals surface area (Å²) in [6.45, 7) is 8.30. The molecule has 0 amide bonds. The Balaban J connectivity index is 1.68. The van der Waals surface area contributed by atoms with Crippen molar-refractivity contribution in [3.63, 3.8) is 0 Å². The summed E-state index contributed by atoms with van der Waals surface area (Å²) in [5, 5.41) is 11.2. The molecule has 0 aliphatic carbocycles. The molecule has 0 bridgehead atoms. The average molecular weight is 421 g/mol. The fourth-order valence-corrected chi connectivity index (χ4v) is 4.59. The van der Waals surface area contributed by atoms with Gasteiger partial charge in [-0.1, -0.05) is 58.8 Å². The highest BCUT2D eigenvalue weighted by atomic mass is 16.3. The van der Waals surface area contributed by atoms with Crippen LogP contribution in [0, 0.1) is 5.92 Å². The Morgan fingerprint density at radius 1 is 1.10 bits per heavy atom. The van der Waals surface area contributed by atoms with Crippen LogP contribution in [0.5, 0.6) is 0 Å². The zero-order chi connectivity index (χ0) is 21.8. The summed E-state index contributed by atoms with van der Waals surface area (Å²) < 4.78 is 2.41. The van der Waals surface area contributed by atoms with Gasteiger partial charge in [-0.25, -0.2) is 4.90 Å². The van der Waals surface area contributed by atoms with Crippen LogP contribution in [0.1, 0.15) is 90.9 Å². The van der Waals surface area contributed by atoms with E-state index in [0.717, 1.165) is 57.7 Å². The van der Waals surface area contributed by atoms with Crippen LogP contribution in [0.4, 0.5) is 0 Å². The topological polar surface area (TPSA) is 90.9 Å². The number of nitrogens with two attached hydrogens (primary N) is 2. The molecular weight excluding hydrogens is 374 g/mol. The van der Waals surface area contributed by atoms with E-state index in [-0.39, 0.29) is 5.96 Å². The molecule has 0 saturated carbocycles. The molecule has 2 heterocycles. The third-order valence-electron chi connectivity index (χ3n) is 6.33. The predicted octanol–water partition coefficient (Wildman–Crippen LogP) is 3.58. The fraction of sp³-hybridized carbons (Fsp3) is 0.833. The first-order valence-corrected chi connectivity index (χ1v) is 12.3. The molecule has 0 aromatic carbocycles. The lowest BCUT2D eigenvalue weighted by Gasteiger charge is -2.32. The van der Waals surface area contributed by atoms with E-state index in [9.17, 15) is 5.11 Å². The standard InChI is InChI=1S/C24H46N5O/c1-21(2)13-8-6-4-3-5-7-9-15-24(30)16-14-22-28(19-12-20-29(22)24)18-11-10-17-27-23(25)26/h14,16,21,30H,3-13,15,17-20H2,1-2H3,(H4,25,26,27)/q+1. The molecule has 2 aliphatic rings. The van der Waals surface area contributed by atoms with Crippen LogP contribution in [0.3, 0.4) is 0 Å². The molecule has 6 heteroatoms. The minimum absolute atomic E-state index is 0.170. The number of nitrogens with zero attached hydrogens (tertiary/aromatic N) is 3. The van der Waals surface area contributed by atoms with Crippen molar-refractivity contribution < 1.29 is 9.68 Å². The van der Waals surface area contributed by atoms with Gasteiger partial charge in [0.1, 0.15) is 0 Å². The molecule has 0 fully saturated rings. The number of guanidine groups is 1. The van der Waals surface area contributed by atoms with Crippen molar-refractivity contribution in [2.45, 2.75) is 96.6 Å². The Labute approximate surface area is 184 Å². The zero-order valence-corrected chi connectivity index (χ0v) is 19.5. The van der Waals surface area contributed by atoms with E-state index in [0.29, 0.717) is 6.54 Å². The van der Waals surface area contributed by atoms with E-state index in [1.165, 1.54) is 50.8 Å². The first-order valence-electron chi connectivity index (χ1n) is 12.3. The molecule has 2 rings (SSSR count). The van der Waals surface area contributed by atoms with Gasteiger partial charge >= 0.3 is 0 Å². The van der Waals surface area contributed by atoms with Crippen molar-refractivity contribution in [1.29, 1.82) is 0 Å². The highest BCUT2D eigenvalue weighted by Gasteiger charge is 2.46. The summed E-state index contributed by atoms with van der Waals surface area (Å²) in [7, 11) is 0. The van der Waals surface area contributed by atoms with Crippen LogP contribution in [-0.4, -0.2) is 58.3 Å². The lowest BCUT2D eigenvalue weighted by Crippen LogP contribution is -2.52. The van der Waals surface area contributed by atoms with Gasteiger partial charge in [0.05, 0.1) is 19.6 Å². The first-order chi connectivity index (χ1) is 14.4. The molecule has 1 atom stereocenters. The van der Waals surface area contributed by atoms with E-state index in [1.807, 2.05) is 6.08 Å². The number of amidine groups is 1. The normalized spacial score (nSPS) is 20.9. The number of fused-ring (bicyclic) bond motifs is 1. The van der Waals surface area contributed by atoms with E-state index in [4.69, 9.17) is 11.5 Å². The van der Waals surface area contributed by atoms with Crippen molar-refractivity contribution in [3.8, 4) is 0 Å². The van der Waals surface area contributed by atoms with E-state index >= 15 is 0 Å². The summed E-state index contributed by atoms with van der Waals surface area (Å²) in [5.41, 5.74) is 9.98. The van der Waals surface area contributed by atoms with Crippen LogP contribution in [0.15, 0.2) is 17.1 Å². The number of unbranched alkanes of at least 4 members (excludes halogenated alkanes) is 7. The van der Waals surface area contributed by atoms with E-state index in [2.05, 4.69) is 34.4 Å². The Kier molecular flexibility index (Phi) is 10.7. The summed E-state index contributed by atoms with van der Waals surface area (Å²) in [6, 6.07) is 0. The van der Waals surface area contributed by atoms with E-state index in [1.54, 1.807) is 0 Å². The second kappa shape index (κ2) is 13.0. The van der Waals surface area contributed by atoms with Crippen LogP contribution in [0.2, 0.25) is 0 Å². The smallest absolute Gasteiger partial charge is 0.274 e. The molecule has 2 aliphatic heterocycles. The van der Waals surface area contributed by atoms with Gasteiger partial charge in [-0.3, -0.25) is 9.57 Å². The molecule has 6 nitrogen and oxygen atoms in total. The van der Waals surface area contributed by atoms with Gasteiger partial charge in [-0.2, -0.15) is 0 Å². The zero-order valence-electron chi connectivity index (χ0n) is 19.5. The summed E-state index contributed by atoms with van der Waals surface area (Å²) in [6.07, 6.45) is 18.5. The Morgan fingerprint density at radius 3 is 2.50 bits per heavy atom. The van der Waals surface area contributed by atoms with Gasteiger partial charge in [-0.05, 0) is 31.3 Å². The van der Waals surface area contributed by atoms with Crippen LogP contribution >= 0.6 is 0 Å².